The number of ketones is 1. The van der Waals surface area contributed by atoms with Crippen LogP contribution in [0.4, 0.5) is 5.69 Å². The highest BCUT2D eigenvalue weighted by Crippen LogP contribution is 2.50. The maximum Gasteiger partial charge on any atom is 0.277 e. The summed E-state index contributed by atoms with van der Waals surface area (Å²) in [5, 5.41) is 7.05. The molecule has 156 valence electrons. The molecule has 0 bridgehead atoms. The fourth-order valence-electron chi connectivity index (χ4n) is 4.13. The summed E-state index contributed by atoms with van der Waals surface area (Å²) in [5.41, 5.74) is 0.245. The van der Waals surface area contributed by atoms with Crippen LogP contribution in [0.3, 0.4) is 0 Å². The van der Waals surface area contributed by atoms with Gasteiger partial charge in [-0.2, -0.15) is 0 Å². The normalized spacial score (nSPS) is 21.3. The van der Waals surface area contributed by atoms with Crippen LogP contribution >= 0.6 is 0 Å². The van der Waals surface area contributed by atoms with E-state index in [4.69, 9.17) is 18.7 Å². The molecule has 3 heterocycles. The van der Waals surface area contributed by atoms with Gasteiger partial charge in [0.15, 0.2) is 5.76 Å². The Morgan fingerprint density at radius 2 is 1.94 bits per heavy atom. The molecule has 0 radical (unpaired) electrons. The summed E-state index contributed by atoms with van der Waals surface area (Å²) in [6, 6.07) is 15.4. The molecule has 1 amide bonds. The number of hydrogen-bond donors (Lipinski definition) is 1. The van der Waals surface area contributed by atoms with Crippen molar-refractivity contribution in [1.29, 1.82) is 0 Å². The highest BCUT2D eigenvalue weighted by Gasteiger charge is 2.64. The Morgan fingerprint density at radius 1 is 1.10 bits per heavy atom. The lowest BCUT2D eigenvalue weighted by Crippen LogP contribution is -2.46. The largest absolute Gasteiger partial charge is 0.497 e. The number of nitrogens with zero attached hydrogens (tertiary/aromatic N) is 1. The van der Waals surface area contributed by atoms with E-state index in [1.807, 2.05) is 0 Å². The molecule has 2 atom stereocenters. The first-order valence-electron chi connectivity index (χ1n) is 9.57. The van der Waals surface area contributed by atoms with Crippen molar-refractivity contribution in [3.05, 3.63) is 77.7 Å². The number of nitrogens with one attached hydrogen (secondary N) is 1. The molecule has 0 aliphatic carbocycles. The first kappa shape index (κ1) is 18.9. The summed E-state index contributed by atoms with van der Waals surface area (Å²) in [4.78, 5) is 32.7. The van der Waals surface area contributed by atoms with E-state index in [1.165, 1.54) is 13.4 Å². The second-order valence-corrected chi connectivity index (χ2v) is 7.14. The number of anilines is 1. The van der Waals surface area contributed by atoms with Gasteiger partial charge in [0.25, 0.3) is 11.5 Å². The van der Waals surface area contributed by atoms with Gasteiger partial charge in [-0.25, -0.2) is 0 Å². The summed E-state index contributed by atoms with van der Waals surface area (Å²) in [6.07, 6.45) is 1.41. The minimum atomic E-state index is -1.65. The number of carbonyl (C=O) groups is 2. The molecule has 31 heavy (non-hydrogen) atoms. The van der Waals surface area contributed by atoms with E-state index < -0.39 is 23.2 Å². The highest BCUT2D eigenvalue weighted by molar-refractivity contribution is 6.24. The molecule has 2 aliphatic heterocycles. The minimum Gasteiger partial charge on any atom is -0.497 e. The number of amides is 1. The first-order chi connectivity index (χ1) is 15.1. The Hall–Kier alpha value is -4.07. The van der Waals surface area contributed by atoms with Crippen molar-refractivity contribution in [3.63, 3.8) is 0 Å². The van der Waals surface area contributed by atoms with E-state index >= 15 is 0 Å². The van der Waals surface area contributed by atoms with Crippen LogP contribution < -0.4 is 14.8 Å². The van der Waals surface area contributed by atoms with Crippen LogP contribution in [-0.2, 0) is 15.2 Å². The second kappa shape index (κ2) is 7.02. The summed E-state index contributed by atoms with van der Waals surface area (Å²) in [6.45, 7) is 0. The van der Waals surface area contributed by atoms with Crippen LogP contribution in [0, 0.1) is 5.92 Å². The van der Waals surface area contributed by atoms with Crippen molar-refractivity contribution in [2.24, 2.45) is 11.1 Å². The third-order valence-electron chi connectivity index (χ3n) is 5.59. The van der Waals surface area contributed by atoms with Crippen molar-refractivity contribution in [2.45, 2.75) is 5.60 Å². The van der Waals surface area contributed by atoms with Gasteiger partial charge in [0.05, 0.1) is 20.5 Å². The van der Waals surface area contributed by atoms with Gasteiger partial charge in [-0.15, -0.1) is 0 Å². The quantitative estimate of drug-likeness (QED) is 0.638. The highest BCUT2D eigenvalue weighted by atomic mass is 16.7. The van der Waals surface area contributed by atoms with E-state index in [-0.39, 0.29) is 11.5 Å². The van der Waals surface area contributed by atoms with Crippen LogP contribution in [0.2, 0.25) is 0 Å². The van der Waals surface area contributed by atoms with Crippen LogP contribution in [0.15, 0.2) is 70.4 Å². The summed E-state index contributed by atoms with van der Waals surface area (Å²) >= 11 is 0. The van der Waals surface area contributed by atoms with Gasteiger partial charge >= 0.3 is 0 Å². The number of hydrogen-bond acceptors (Lipinski definition) is 7. The molecular formula is C23H18N2O6. The summed E-state index contributed by atoms with van der Waals surface area (Å²) < 4.78 is 16.1. The average molecular weight is 418 g/mol. The average Bonchev–Trinajstić information content (AvgIpc) is 3.53. The lowest BCUT2D eigenvalue weighted by molar-refractivity contribution is -0.140. The number of methoxy groups -OCH3 is 2. The molecule has 3 aromatic rings. The molecule has 0 saturated heterocycles. The second-order valence-electron chi connectivity index (χ2n) is 7.14. The lowest BCUT2D eigenvalue weighted by atomic mass is 9.75. The SMILES string of the molecule is COc1ccc(C2=NO[C@@]3(C(=O)Nc4ccccc43)[C@H]2C(=O)c2ccco2)c(OC)c1. The van der Waals surface area contributed by atoms with Gasteiger partial charge in [0.2, 0.25) is 5.78 Å². The fourth-order valence-corrected chi connectivity index (χ4v) is 4.13. The molecule has 1 aromatic heterocycles. The van der Waals surface area contributed by atoms with Gasteiger partial charge in [-0.1, -0.05) is 23.4 Å². The monoisotopic (exact) mass is 418 g/mol. The number of fused-ring (bicyclic) bond motifs is 2. The number of ether oxygens (including phenoxy) is 2. The van der Waals surface area contributed by atoms with Crippen molar-refractivity contribution >= 4 is 23.1 Å². The predicted molar refractivity (Wildman–Crippen MR) is 110 cm³/mol. The maximum atomic E-state index is 13.6. The lowest BCUT2D eigenvalue weighted by Gasteiger charge is -2.26. The molecule has 0 saturated carbocycles. The van der Waals surface area contributed by atoms with E-state index in [0.29, 0.717) is 28.3 Å². The van der Waals surface area contributed by atoms with Crippen molar-refractivity contribution < 1.29 is 28.3 Å². The maximum absolute atomic E-state index is 13.6. The zero-order chi connectivity index (χ0) is 21.6. The third-order valence-corrected chi connectivity index (χ3v) is 5.59. The smallest absolute Gasteiger partial charge is 0.277 e. The molecule has 1 spiro atoms. The minimum absolute atomic E-state index is 0.104. The van der Waals surface area contributed by atoms with E-state index in [1.54, 1.807) is 61.7 Å². The Morgan fingerprint density at radius 3 is 2.68 bits per heavy atom. The van der Waals surface area contributed by atoms with Gasteiger partial charge in [-0.3, -0.25) is 9.59 Å². The number of rotatable bonds is 5. The van der Waals surface area contributed by atoms with Crippen molar-refractivity contribution in [1.82, 2.24) is 0 Å². The van der Waals surface area contributed by atoms with E-state index in [9.17, 15) is 9.59 Å². The molecule has 5 rings (SSSR count). The van der Waals surface area contributed by atoms with E-state index in [2.05, 4.69) is 10.5 Å². The molecule has 0 fully saturated rings. The van der Waals surface area contributed by atoms with Crippen LogP contribution in [-0.4, -0.2) is 31.6 Å². The molecule has 2 aliphatic rings. The number of para-hydroxylation sites is 1. The van der Waals surface area contributed by atoms with Crippen molar-refractivity contribution in [3.8, 4) is 11.5 Å². The number of oxime groups is 1. The van der Waals surface area contributed by atoms with Crippen LogP contribution in [0.1, 0.15) is 21.7 Å². The van der Waals surface area contributed by atoms with Crippen LogP contribution in [0.5, 0.6) is 11.5 Å². The third kappa shape index (κ3) is 2.64. The Balaban J connectivity index is 1.71. The molecule has 2 aromatic carbocycles. The topological polar surface area (TPSA) is 99.4 Å². The molecular weight excluding hydrogens is 400 g/mol. The zero-order valence-corrected chi connectivity index (χ0v) is 16.7. The summed E-state index contributed by atoms with van der Waals surface area (Å²) in [5.74, 6) is -0.872. The number of carbonyl (C=O) groups excluding carboxylic acids is 2. The van der Waals surface area contributed by atoms with Gasteiger partial charge in [-0.05, 0) is 30.3 Å². The number of Topliss-reactive ketones (excluding diaryl/α,β-unsaturated/α-hetero) is 1. The Kier molecular flexibility index (Phi) is 4.28. The standard InChI is InChI=1S/C23H18N2O6/c1-28-13-9-10-14(18(12-13)29-2)20-19(21(26)17-8-5-11-30-17)23(31-25-20)15-6-3-4-7-16(15)24-22(23)27/h3-12,19H,1-2H3,(H,24,27)/t19-,23-/m1/s1. The number of furan rings is 1. The van der Waals surface area contributed by atoms with Crippen molar-refractivity contribution in [2.75, 3.05) is 19.5 Å². The van der Waals surface area contributed by atoms with Gasteiger partial charge in [0, 0.05) is 22.9 Å². The molecule has 8 heteroatoms. The summed E-state index contributed by atoms with van der Waals surface area (Å²) in [7, 11) is 3.05. The Labute approximate surface area is 177 Å². The first-order valence-corrected chi connectivity index (χ1v) is 9.57. The van der Waals surface area contributed by atoms with Gasteiger partial charge < -0.3 is 24.0 Å². The van der Waals surface area contributed by atoms with Crippen LogP contribution in [0.25, 0.3) is 0 Å². The van der Waals surface area contributed by atoms with Gasteiger partial charge in [0.1, 0.15) is 23.1 Å². The molecule has 0 unspecified atom stereocenters. The fraction of sp³-hybridized carbons (Fsp3) is 0.174. The predicted octanol–water partition coefficient (Wildman–Crippen LogP) is 3.38. The molecule has 8 nitrogen and oxygen atoms in total. The van der Waals surface area contributed by atoms with E-state index in [0.717, 1.165) is 0 Å². The Bertz CT molecular complexity index is 1220. The zero-order valence-electron chi connectivity index (χ0n) is 16.7. The molecule has 1 N–H and O–H groups in total. The number of benzene rings is 2.